The van der Waals surface area contributed by atoms with Gasteiger partial charge in [-0.25, -0.2) is 12.8 Å². The van der Waals surface area contributed by atoms with Crippen molar-refractivity contribution in [2.45, 2.75) is 57.1 Å². The van der Waals surface area contributed by atoms with Crippen molar-refractivity contribution in [1.82, 2.24) is 10.2 Å². The molecule has 46 heavy (non-hydrogen) atoms. The van der Waals surface area contributed by atoms with E-state index < -0.39 is 34.3 Å². The van der Waals surface area contributed by atoms with Crippen molar-refractivity contribution in [2.24, 2.45) is 0 Å². The van der Waals surface area contributed by atoms with E-state index in [1.54, 1.807) is 36.4 Å². The summed E-state index contributed by atoms with van der Waals surface area (Å²) in [5.41, 5.74) is 2.05. The Morgan fingerprint density at radius 2 is 1.54 bits per heavy atom. The van der Waals surface area contributed by atoms with Crippen LogP contribution in [0.3, 0.4) is 0 Å². The maximum Gasteiger partial charge on any atom is 0.264 e. The number of amides is 2. The molecule has 0 fully saturated rings. The molecule has 0 heterocycles. The van der Waals surface area contributed by atoms with Crippen molar-refractivity contribution in [3.8, 4) is 5.75 Å². The van der Waals surface area contributed by atoms with E-state index in [0.29, 0.717) is 17.7 Å². The van der Waals surface area contributed by atoms with Crippen molar-refractivity contribution in [3.05, 3.63) is 126 Å². The van der Waals surface area contributed by atoms with Crippen molar-refractivity contribution in [3.63, 3.8) is 0 Å². The SMILES string of the molecule is CC[C@H](C)NC(=O)[C@@H](Cc1ccccc1)N(Cc1cccc(OC)c1)C(=O)CN(c1ccccc1F)S(=O)(=O)c1ccc(C)cc1. The highest BCUT2D eigenvalue weighted by Gasteiger charge is 2.35. The lowest BCUT2D eigenvalue weighted by atomic mass is 10.0. The number of aryl methyl sites for hydroxylation is 1. The molecule has 4 aromatic rings. The molecular weight excluding hydrogens is 605 g/mol. The lowest BCUT2D eigenvalue weighted by Crippen LogP contribution is -2.54. The van der Waals surface area contributed by atoms with Crippen LogP contribution in [0.25, 0.3) is 0 Å². The number of methoxy groups -OCH3 is 1. The van der Waals surface area contributed by atoms with Gasteiger partial charge >= 0.3 is 0 Å². The van der Waals surface area contributed by atoms with Crippen molar-refractivity contribution in [2.75, 3.05) is 18.0 Å². The summed E-state index contributed by atoms with van der Waals surface area (Å²) < 4.78 is 49.6. The molecule has 2 atom stereocenters. The number of halogens is 1. The van der Waals surface area contributed by atoms with Gasteiger partial charge in [0.15, 0.2) is 0 Å². The number of para-hydroxylation sites is 1. The van der Waals surface area contributed by atoms with E-state index in [0.717, 1.165) is 21.5 Å². The molecule has 0 saturated carbocycles. The Morgan fingerprint density at radius 3 is 2.20 bits per heavy atom. The Bertz CT molecular complexity index is 1730. The van der Waals surface area contributed by atoms with Gasteiger partial charge in [0.2, 0.25) is 11.8 Å². The lowest BCUT2D eigenvalue weighted by Gasteiger charge is -2.34. The van der Waals surface area contributed by atoms with Gasteiger partial charge in [-0.15, -0.1) is 0 Å². The molecule has 0 unspecified atom stereocenters. The molecule has 0 radical (unpaired) electrons. The minimum absolute atomic E-state index is 0.0306. The molecule has 4 aromatic carbocycles. The predicted molar refractivity (Wildman–Crippen MR) is 177 cm³/mol. The first kappa shape index (κ1) is 34.2. The number of carbonyl (C=O) groups is 2. The second-order valence-electron chi connectivity index (χ2n) is 11.2. The number of benzene rings is 4. The maximum absolute atomic E-state index is 15.3. The molecule has 8 nitrogen and oxygen atoms in total. The third-order valence-corrected chi connectivity index (χ3v) is 9.54. The Kier molecular flexibility index (Phi) is 11.5. The Labute approximate surface area is 270 Å². The van der Waals surface area contributed by atoms with Crippen LogP contribution in [0.1, 0.15) is 37.0 Å². The van der Waals surface area contributed by atoms with Crippen molar-refractivity contribution in [1.29, 1.82) is 0 Å². The van der Waals surface area contributed by atoms with Gasteiger partial charge in [0.1, 0.15) is 24.2 Å². The van der Waals surface area contributed by atoms with Crippen LogP contribution in [-0.4, -0.2) is 50.9 Å². The van der Waals surface area contributed by atoms with E-state index in [4.69, 9.17) is 4.74 Å². The molecule has 2 amide bonds. The summed E-state index contributed by atoms with van der Waals surface area (Å²) in [6.45, 7) is 4.86. The van der Waals surface area contributed by atoms with Gasteiger partial charge in [0.25, 0.3) is 10.0 Å². The number of ether oxygens (including phenoxy) is 1. The highest BCUT2D eigenvalue weighted by Crippen LogP contribution is 2.28. The van der Waals surface area contributed by atoms with Gasteiger partial charge in [0.05, 0.1) is 17.7 Å². The molecule has 0 aliphatic rings. The van der Waals surface area contributed by atoms with Crippen LogP contribution in [0.15, 0.2) is 108 Å². The minimum Gasteiger partial charge on any atom is -0.497 e. The molecule has 0 aliphatic carbocycles. The second-order valence-corrected chi connectivity index (χ2v) is 13.0. The zero-order valence-corrected chi connectivity index (χ0v) is 27.3. The fourth-order valence-electron chi connectivity index (χ4n) is 4.97. The van der Waals surface area contributed by atoms with Crippen LogP contribution in [0.5, 0.6) is 5.75 Å². The quantitative estimate of drug-likeness (QED) is 0.185. The lowest BCUT2D eigenvalue weighted by molar-refractivity contribution is -0.140. The van der Waals surface area contributed by atoms with Gasteiger partial charge in [-0.1, -0.05) is 79.2 Å². The topological polar surface area (TPSA) is 96.0 Å². The van der Waals surface area contributed by atoms with Crippen LogP contribution < -0.4 is 14.4 Å². The van der Waals surface area contributed by atoms with Crippen LogP contribution in [-0.2, 0) is 32.6 Å². The number of rotatable bonds is 14. The molecule has 10 heteroatoms. The largest absolute Gasteiger partial charge is 0.497 e. The fraction of sp³-hybridized carbons (Fsp3) is 0.278. The highest BCUT2D eigenvalue weighted by atomic mass is 32.2. The number of nitrogens with zero attached hydrogens (tertiary/aromatic N) is 2. The Balaban J connectivity index is 1.83. The normalized spacial score (nSPS) is 12.5. The second kappa shape index (κ2) is 15.5. The van der Waals surface area contributed by atoms with Crippen molar-refractivity contribution < 1.29 is 27.1 Å². The number of hydrogen-bond acceptors (Lipinski definition) is 5. The van der Waals surface area contributed by atoms with Crippen LogP contribution in [0.4, 0.5) is 10.1 Å². The summed E-state index contributed by atoms with van der Waals surface area (Å²) in [6, 6.07) is 26.7. The molecule has 4 rings (SSSR count). The number of anilines is 1. The average Bonchev–Trinajstić information content (AvgIpc) is 3.06. The van der Waals surface area contributed by atoms with E-state index in [9.17, 15) is 18.0 Å². The van der Waals surface area contributed by atoms with Gasteiger partial charge in [-0.3, -0.25) is 13.9 Å². The Hall–Kier alpha value is -4.70. The summed E-state index contributed by atoms with van der Waals surface area (Å²) >= 11 is 0. The predicted octanol–water partition coefficient (Wildman–Crippen LogP) is 5.89. The van der Waals surface area contributed by atoms with Gasteiger partial charge in [-0.2, -0.15) is 0 Å². The molecule has 0 spiro atoms. The number of nitrogens with one attached hydrogen (secondary N) is 1. The molecule has 242 valence electrons. The van der Waals surface area contributed by atoms with Crippen molar-refractivity contribution >= 4 is 27.5 Å². The van der Waals surface area contributed by atoms with E-state index >= 15 is 4.39 Å². The summed E-state index contributed by atoms with van der Waals surface area (Å²) in [5, 5.41) is 3.00. The monoisotopic (exact) mass is 645 g/mol. The molecule has 0 bridgehead atoms. The minimum atomic E-state index is -4.41. The van der Waals surface area contributed by atoms with Gasteiger partial charge in [0, 0.05) is 19.0 Å². The van der Waals surface area contributed by atoms with E-state index in [-0.39, 0.29) is 35.5 Å². The molecule has 1 N–H and O–H groups in total. The smallest absolute Gasteiger partial charge is 0.264 e. The molecule has 0 aliphatic heterocycles. The Morgan fingerprint density at radius 1 is 0.891 bits per heavy atom. The zero-order chi connectivity index (χ0) is 33.3. The standard InChI is InChI=1S/C36H40FN3O5S/c1-5-27(3)38-36(42)34(23-28-12-7-6-8-13-28)39(24-29-14-11-15-30(22-29)45-4)35(41)25-40(33-17-10-9-16-32(33)37)46(43,44)31-20-18-26(2)19-21-31/h6-22,27,34H,5,23-25H2,1-4H3,(H,38,42)/t27-,34+/m0/s1. The number of sulfonamides is 1. The fourth-order valence-corrected chi connectivity index (χ4v) is 6.39. The van der Waals surface area contributed by atoms with Gasteiger partial charge in [-0.05, 0) is 67.8 Å². The molecular formula is C36H40FN3O5S. The third kappa shape index (κ3) is 8.51. The summed E-state index contributed by atoms with van der Waals surface area (Å²) in [6.07, 6.45) is 0.840. The number of hydrogen-bond donors (Lipinski definition) is 1. The first-order chi connectivity index (χ1) is 22.0. The number of carbonyl (C=O) groups excluding carboxylic acids is 2. The molecule has 0 aromatic heterocycles. The van der Waals surface area contributed by atoms with E-state index in [1.807, 2.05) is 51.1 Å². The summed E-state index contributed by atoms with van der Waals surface area (Å²) in [7, 11) is -2.88. The zero-order valence-electron chi connectivity index (χ0n) is 26.5. The first-order valence-corrected chi connectivity index (χ1v) is 16.6. The first-order valence-electron chi connectivity index (χ1n) is 15.1. The van der Waals surface area contributed by atoms with Crippen LogP contribution in [0.2, 0.25) is 0 Å². The van der Waals surface area contributed by atoms with Gasteiger partial charge < -0.3 is 15.0 Å². The van der Waals surface area contributed by atoms with E-state index in [1.165, 1.54) is 42.3 Å². The van der Waals surface area contributed by atoms with Crippen LogP contribution >= 0.6 is 0 Å². The third-order valence-electron chi connectivity index (χ3n) is 7.77. The average molecular weight is 646 g/mol. The van der Waals surface area contributed by atoms with E-state index in [2.05, 4.69) is 5.32 Å². The molecule has 0 saturated heterocycles. The maximum atomic E-state index is 15.3. The summed E-state index contributed by atoms with van der Waals surface area (Å²) in [4.78, 5) is 29.7. The van der Waals surface area contributed by atoms with Crippen LogP contribution in [0, 0.1) is 12.7 Å². The highest BCUT2D eigenvalue weighted by molar-refractivity contribution is 7.92. The summed E-state index contributed by atoms with van der Waals surface area (Å²) in [5.74, 6) is -1.31.